The fourth-order valence-electron chi connectivity index (χ4n) is 6.55. The summed E-state index contributed by atoms with van der Waals surface area (Å²) in [5.41, 5.74) is 12.8. The largest absolute Gasteiger partial charge is 0.497 e. The predicted molar refractivity (Wildman–Crippen MR) is 155 cm³/mol. The maximum atomic E-state index is 13.2. The van der Waals surface area contributed by atoms with E-state index in [1.165, 1.54) is 6.33 Å². The lowest BCUT2D eigenvalue weighted by molar-refractivity contribution is 0.0556. The first kappa shape index (κ1) is 26.1. The summed E-state index contributed by atoms with van der Waals surface area (Å²) >= 11 is 0. The molecule has 12 nitrogen and oxygen atoms in total. The predicted octanol–water partition coefficient (Wildman–Crippen LogP) is 3.86. The molecule has 12 heteroatoms. The number of rotatable bonds is 7. The number of anilines is 1. The zero-order valence-corrected chi connectivity index (χ0v) is 23.4. The van der Waals surface area contributed by atoms with Gasteiger partial charge >= 0.3 is 0 Å². The van der Waals surface area contributed by atoms with Crippen molar-refractivity contribution in [3.8, 4) is 28.1 Å². The van der Waals surface area contributed by atoms with Crippen LogP contribution in [0.5, 0.6) is 5.75 Å². The number of fused-ring (bicyclic) bond motifs is 3. The molecule has 3 N–H and O–H groups in total. The van der Waals surface area contributed by atoms with E-state index < -0.39 is 0 Å². The minimum Gasteiger partial charge on any atom is -0.497 e. The first-order valence-corrected chi connectivity index (χ1v) is 14.0. The second kappa shape index (κ2) is 10.5. The van der Waals surface area contributed by atoms with Crippen LogP contribution in [0, 0.1) is 0 Å². The summed E-state index contributed by atoms with van der Waals surface area (Å²) in [4.78, 5) is 27.9. The quantitative estimate of drug-likeness (QED) is 0.300. The zero-order valence-electron chi connectivity index (χ0n) is 23.4. The number of benzene rings is 1. The van der Waals surface area contributed by atoms with Crippen molar-refractivity contribution in [1.29, 1.82) is 0 Å². The molecular formula is C30H31N9O3. The van der Waals surface area contributed by atoms with E-state index in [0.717, 1.165) is 65.1 Å². The van der Waals surface area contributed by atoms with Crippen LogP contribution in [0.1, 0.15) is 53.5 Å². The van der Waals surface area contributed by atoms with Crippen molar-refractivity contribution >= 4 is 17.4 Å². The lowest BCUT2D eigenvalue weighted by Gasteiger charge is -2.38. The van der Waals surface area contributed by atoms with Gasteiger partial charge in [-0.15, -0.1) is 10.2 Å². The Labute approximate surface area is 241 Å². The van der Waals surface area contributed by atoms with E-state index in [1.807, 2.05) is 47.5 Å². The molecule has 6 heterocycles. The Kier molecular flexibility index (Phi) is 6.54. The van der Waals surface area contributed by atoms with Gasteiger partial charge in [-0.05, 0) is 56.0 Å². The molecule has 0 spiro atoms. The van der Waals surface area contributed by atoms with Gasteiger partial charge in [0.1, 0.15) is 17.9 Å². The number of nitrogens with one attached hydrogen (secondary N) is 1. The van der Waals surface area contributed by atoms with Gasteiger partial charge in [0.05, 0.1) is 31.3 Å². The highest BCUT2D eigenvalue weighted by molar-refractivity contribution is 5.91. The minimum atomic E-state index is -0.0952. The van der Waals surface area contributed by atoms with E-state index >= 15 is 0 Å². The lowest BCUT2D eigenvalue weighted by atomic mass is 9.86. The van der Waals surface area contributed by atoms with Crippen molar-refractivity contribution in [1.82, 2.24) is 39.7 Å². The normalized spacial score (nSPS) is 19.9. The Bertz CT molecular complexity index is 1720. The monoisotopic (exact) mass is 565 g/mol. The number of aromatic nitrogens is 7. The number of methoxy groups -OCH3 is 2. The number of nitrogens with zero attached hydrogens (tertiary/aromatic N) is 7. The summed E-state index contributed by atoms with van der Waals surface area (Å²) in [7, 11) is 3.30. The summed E-state index contributed by atoms with van der Waals surface area (Å²) in [6.07, 6.45) is 8.53. The Morgan fingerprint density at radius 1 is 1.05 bits per heavy atom. The first-order valence-electron chi connectivity index (χ1n) is 14.0. The number of pyridine rings is 1. The highest BCUT2D eigenvalue weighted by Gasteiger charge is 2.45. The average molecular weight is 566 g/mol. The molecule has 3 atom stereocenters. The molecule has 0 unspecified atom stereocenters. The van der Waals surface area contributed by atoms with Crippen LogP contribution in [0.4, 0.5) is 5.82 Å². The maximum Gasteiger partial charge on any atom is 0.292 e. The molecule has 0 radical (unpaired) electrons. The Hall–Kier alpha value is -4.84. The minimum absolute atomic E-state index is 0.0952. The molecule has 7 rings (SSSR count). The van der Waals surface area contributed by atoms with Crippen LogP contribution >= 0.6 is 0 Å². The third-order valence-corrected chi connectivity index (χ3v) is 8.54. The number of nitrogens with two attached hydrogens (primary N) is 1. The van der Waals surface area contributed by atoms with Crippen molar-refractivity contribution in [3.05, 3.63) is 72.2 Å². The summed E-state index contributed by atoms with van der Waals surface area (Å²) in [6.45, 7) is 0.323. The molecular weight excluding hydrogens is 534 g/mol. The molecule has 0 aliphatic carbocycles. The molecule has 1 aromatic carbocycles. The Morgan fingerprint density at radius 2 is 1.81 bits per heavy atom. The van der Waals surface area contributed by atoms with Crippen LogP contribution in [0.3, 0.4) is 0 Å². The van der Waals surface area contributed by atoms with E-state index in [-0.39, 0.29) is 29.7 Å². The van der Waals surface area contributed by atoms with Crippen molar-refractivity contribution in [2.75, 3.05) is 20.0 Å². The van der Waals surface area contributed by atoms with Gasteiger partial charge in [-0.1, -0.05) is 6.07 Å². The van der Waals surface area contributed by atoms with Gasteiger partial charge in [0, 0.05) is 53.6 Å². The van der Waals surface area contributed by atoms with Gasteiger partial charge in [-0.3, -0.25) is 9.78 Å². The van der Waals surface area contributed by atoms with Crippen molar-refractivity contribution in [3.63, 3.8) is 0 Å². The van der Waals surface area contributed by atoms with Crippen LogP contribution in [-0.2, 0) is 11.3 Å². The van der Waals surface area contributed by atoms with Gasteiger partial charge in [-0.25, -0.2) is 4.98 Å². The highest BCUT2D eigenvalue weighted by atomic mass is 16.5. The molecule has 42 heavy (non-hydrogen) atoms. The van der Waals surface area contributed by atoms with Crippen molar-refractivity contribution in [2.24, 2.45) is 0 Å². The summed E-state index contributed by atoms with van der Waals surface area (Å²) in [5, 5.41) is 12.3. The van der Waals surface area contributed by atoms with Crippen LogP contribution in [0.15, 0.2) is 55.1 Å². The van der Waals surface area contributed by atoms with Crippen LogP contribution < -0.4 is 10.5 Å². The highest BCUT2D eigenvalue weighted by Crippen LogP contribution is 2.45. The molecule has 2 aliphatic heterocycles. The molecule has 0 saturated carbocycles. The number of amides is 1. The number of carbonyl (C=O) groups is 1. The summed E-state index contributed by atoms with van der Waals surface area (Å²) < 4.78 is 12.5. The first-order chi connectivity index (χ1) is 20.6. The number of ether oxygens (including phenoxy) is 2. The number of H-pyrrole nitrogens is 1. The molecule has 5 aromatic rings. The van der Waals surface area contributed by atoms with E-state index in [4.69, 9.17) is 25.2 Å². The number of hydrogen-bond donors (Lipinski definition) is 2. The number of aromatic amines is 1. The topological polar surface area (TPSA) is 149 Å². The fourth-order valence-corrected chi connectivity index (χ4v) is 6.55. The van der Waals surface area contributed by atoms with E-state index in [9.17, 15) is 4.79 Å². The number of hydrogen-bond acceptors (Lipinski definition) is 9. The van der Waals surface area contributed by atoms with E-state index in [2.05, 4.69) is 20.3 Å². The second-order valence-corrected chi connectivity index (χ2v) is 10.9. The van der Waals surface area contributed by atoms with Crippen molar-refractivity contribution in [2.45, 2.75) is 50.3 Å². The Morgan fingerprint density at radius 3 is 2.45 bits per heavy atom. The summed E-state index contributed by atoms with van der Waals surface area (Å²) in [6, 6.07) is 12.0. The third-order valence-electron chi connectivity index (χ3n) is 8.54. The van der Waals surface area contributed by atoms with E-state index in [1.54, 1.807) is 24.9 Å². The van der Waals surface area contributed by atoms with Gasteiger partial charge in [0.2, 0.25) is 5.82 Å². The molecule has 4 aromatic heterocycles. The van der Waals surface area contributed by atoms with Crippen LogP contribution in [0.25, 0.3) is 28.0 Å². The zero-order chi connectivity index (χ0) is 28.8. The van der Waals surface area contributed by atoms with E-state index in [0.29, 0.717) is 18.1 Å². The third kappa shape index (κ3) is 4.35. The SMILES string of the molecule is COCc1c([C@H]2C[C@H]3CC[C@@H](C2)N3C(=O)c2nnc[nH]2)nc2c(-c3ccc(-c4ccc(OC)cc4)nc3)cnn2c1N. The van der Waals surface area contributed by atoms with Gasteiger partial charge in [-0.2, -0.15) is 9.61 Å². The lowest BCUT2D eigenvalue weighted by Crippen LogP contribution is -2.46. The second-order valence-electron chi connectivity index (χ2n) is 10.9. The number of carbonyl (C=O) groups excluding carboxylic acids is 1. The van der Waals surface area contributed by atoms with Gasteiger partial charge in [0.15, 0.2) is 5.65 Å². The average Bonchev–Trinajstić information content (AvgIpc) is 3.77. The molecule has 2 bridgehead atoms. The van der Waals surface area contributed by atoms with Crippen LogP contribution in [0.2, 0.25) is 0 Å². The molecule has 214 valence electrons. The van der Waals surface area contributed by atoms with Crippen molar-refractivity contribution < 1.29 is 14.3 Å². The standard InChI is InChI=1S/C30H31N9O3/c1-41-15-24-26(19-11-20-6-7-21(12-19)38(20)30(40)28-33-16-34-37-28)36-29-23(14-35-39(29)27(24)31)18-5-10-25(32-13-18)17-3-8-22(42-2)9-4-17/h3-5,8-10,13-14,16,19-21H,6-7,11-12,15,31H2,1-2H3,(H,33,34,37)/t19-,20+,21-. The van der Waals surface area contributed by atoms with Gasteiger partial charge in [0.25, 0.3) is 5.91 Å². The Balaban J connectivity index is 1.22. The summed E-state index contributed by atoms with van der Waals surface area (Å²) in [5.74, 6) is 1.62. The number of nitrogen functional groups attached to an aromatic ring is 1. The smallest absolute Gasteiger partial charge is 0.292 e. The fraction of sp³-hybridized carbons (Fsp3) is 0.333. The molecule has 1 amide bonds. The molecule has 2 saturated heterocycles. The number of piperidine rings is 1. The van der Waals surface area contributed by atoms with Gasteiger partial charge < -0.3 is 25.1 Å². The molecule has 2 fully saturated rings. The molecule has 2 aliphatic rings. The van der Waals surface area contributed by atoms with Crippen LogP contribution in [-0.4, -0.2) is 71.9 Å². The maximum absolute atomic E-state index is 13.2.